The lowest BCUT2D eigenvalue weighted by molar-refractivity contribution is 0.160. The minimum absolute atomic E-state index is 0.0293. The Bertz CT molecular complexity index is 395. The number of benzene rings is 1. The van der Waals surface area contributed by atoms with Crippen molar-refractivity contribution in [3.8, 4) is 5.75 Å². The summed E-state index contributed by atoms with van der Waals surface area (Å²) in [5, 5.41) is 0. The second kappa shape index (κ2) is 6.20. The average Bonchev–Trinajstić information content (AvgIpc) is 2.29. The van der Waals surface area contributed by atoms with Crippen LogP contribution in [0.2, 0.25) is 0 Å². The molecule has 0 saturated carbocycles. The number of amides is 1. The van der Waals surface area contributed by atoms with Crippen molar-refractivity contribution < 1.29 is 9.53 Å². The second-order valence-corrected chi connectivity index (χ2v) is 4.34. The largest absolute Gasteiger partial charge is 0.414 e. The van der Waals surface area contributed by atoms with Crippen molar-refractivity contribution in [2.24, 2.45) is 11.7 Å². The van der Waals surface area contributed by atoms with Crippen molar-refractivity contribution in [3.05, 3.63) is 30.3 Å². The highest BCUT2D eigenvalue weighted by atomic mass is 32.1. The van der Waals surface area contributed by atoms with Crippen LogP contribution in [0.15, 0.2) is 30.3 Å². The fourth-order valence-electron chi connectivity index (χ4n) is 1.24. The van der Waals surface area contributed by atoms with E-state index < -0.39 is 6.09 Å². The third-order valence-corrected chi connectivity index (χ3v) is 2.70. The van der Waals surface area contributed by atoms with Gasteiger partial charge in [-0.1, -0.05) is 37.3 Å². The summed E-state index contributed by atoms with van der Waals surface area (Å²) in [6, 6.07) is 8.92. The Balaban J connectivity index is 2.50. The number of nitrogens with zero attached hydrogens (tertiary/aromatic N) is 1. The van der Waals surface area contributed by atoms with Gasteiger partial charge in [-0.15, -0.1) is 0 Å². The summed E-state index contributed by atoms with van der Waals surface area (Å²) >= 11 is 4.85. The lowest BCUT2D eigenvalue weighted by atomic mass is 10.2. The van der Waals surface area contributed by atoms with Gasteiger partial charge < -0.3 is 15.4 Å². The van der Waals surface area contributed by atoms with Gasteiger partial charge in [0.25, 0.3) is 0 Å². The number of ether oxygens (including phenoxy) is 1. The Morgan fingerprint density at radius 2 is 2.06 bits per heavy atom. The van der Waals surface area contributed by atoms with Crippen LogP contribution in [-0.2, 0) is 0 Å². The van der Waals surface area contributed by atoms with E-state index in [-0.39, 0.29) is 5.92 Å². The minimum Gasteiger partial charge on any atom is -0.410 e. The molecule has 92 valence electrons. The lowest BCUT2D eigenvalue weighted by Crippen LogP contribution is -2.37. The molecule has 1 rings (SSSR count). The molecular formula is C12H16N2O2S. The standard InChI is InChI=1S/C12H16N2O2S/c1-9(11(13)17)8-14(2)12(15)16-10-6-4-3-5-7-10/h3-7,9H,8H2,1-2H3,(H2,13,17). The van der Waals surface area contributed by atoms with Gasteiger partial charge in [0.15, 0.2) is 0 Å². The van der Waals surface area contributed by atoms with Crippen LogP contribution in [0.5, 0.6) is 5.75 Å². The highest BCUT2D eigenvalue weighted by molar-refractivity contribution is 7.80. The topological polar surface area (TPSA) is 55.6 Å². The molecule has 0 saturated heterocycles. The monoisotopic (exact) mass is 252 g/mol. The van der Waals surface area contributed by atoms with E-state index in [1.807, 2.05) is 13.0 Å². The summed E-state index contributed by atoms with van der Waals surface area (Å²) in [6.07, 6.45) is -0.417. The molecule has 0 bridgehead atoms. The zero-order chi connectivity index (χ0) is 12.8. The van der Waals surface area contributed by atoms with E-state index in [1.54, 1.807) is 31.3 Å². The molecule has 0 aromatic heterocycles. The van der Waals surface area contributed by atoms with Crippen LogP contribution in [0, 0.1) is 5.92 Å². The van der Waals surface area contributed by atoms with Crippen molar-refractivity contribution in [1.82, 2.24) is 4.90 Å². The zero-order valence-corrected chi connectivity index (χ0v) is 10.7. The maximum Gasteiger partial charge on any atom is 0.414 e. The molecule has 2 N–H and O–H groups in total. The SMILES string of the molecule is CC(CN(C)C(=O)Oc1ccccc1)C(N)=S. The van der Waals surface area contributed by atoms with Gasteiger partial charge in [0, 0.05) is 19.5 Å². The van der Waals surface area contributed by atoms with Gasteiger partial charge >= 0.3 is 6.09 Å². The number of hydrogen-bond donors (Lipinski definition) is 1. The van der Waals surface area contributed by atoms with E-state index in [0.717, 1.165) is 0 Å². The van der Waals surface area contributed by atoms with Gasteiger partial charge in [-0.05, 0) is 12.1 Å². The average molecular weight is 252 g/mol. The van der Waals surface area contributed by atoms with Gasteiger partial charge in [-0.2, -0.15) is 0 Å². The molecule has 4 nitrogen and oxygen atoms in total. The van der Waals surface area contributed by atoms with Crippen molar-refractivity contribution in [3.63, 3.8) is 0 Å². The summed E-state index contributed by atoms with van der Waals surface area (Å²) in [5.41, 5.74) is 5.49. The predicted molar refractivity (Wildman–Crippen MR) is 71.0 cm³/mol. The van der Waals surface area contributed by atoms with Crippen molar-refractivity contribution in [2.75, 3.05) is 13.6 Å². The Hall–Kier alpha value is -1.62. The quantitative estimate of drug-likeness (QED) is 0.833. The maximum absolute atomic E-state index is 11.7. The molecule has 0 spiro atoms. The third-order valence-electron chi connectivity index (χ3n) is 2.29. The van der Waals surface area contributed by atoms with E-state index >= 15 is 0 Å². The van der Waals surface area contributed by atoms with Gasteiger partial charge in [-0.3, -0.25) is 0 Å². The first-order chi connectivity index (χ1) is 8.00. The smallest absolute Gasteiger partial charge is 0.410 e. The Morgan fingerprint density at radius 1 is 1.47 bits per heavy atom. The number of thiocarbonyl (C=S) groups is 1. The molecule has 1 atom stereocenters. The number of rotatable bonds is 4. The molecule has 0 aliphatic rings. The maximum atomic E-state index is 11.7. The van der Waals surface area contributed by atoms with Crippen LogP contribution in [0.4, 0.5) is 4.79 Å². The first-order valence-corrected chi connectivity index (χ1v) is 5.69. The summed E-state index contributed by atoms with van der Waals surface area (Å²) < 4.78 is 5.16. The predicted octanol–water partition coefficient (Wildman–Crippen LogP) is 2.04. The molecule has 0 radical (unpaired) electrons. The summed E-state index contributed by atoms with van der Waals surface area (Å²) in [5.74, 6) is 0.491. The lowest BCUT2D eigenvalue weighted by Gasteiger charge is -2.20. The van der Waals surface area contributed by atoms with Crippen LogP contribution < -0.4 is 10.5 Å². The van der Waals surface area contributed by atoms with Gasteiger partial charge in [0.2, 0.25) is 0 Å². The Labute approximate surface area is 106 Å². The van der Waals surface area contributed by atoms with Crippen LogP contribution in [-0.4, -0.2) is 29.6 Å². The molecule has 1 aromatic carbocycles. The third kappa shape index (κ3) is 4.40. The Morgan fingerprint density at radius 3 is 2.59 bits per heavy atom. The highest BCUT2D eigenvalue weighted by Gasteiger charge is 2.15. The first kappa shape index (κ1) is 13.4. The van der Waals surface area contributed by atoms with Crippen LogP contribution in [0.1, 0.15) is 6.92 Å². The summed E-state index contributed by atoms with van der Waals surface area (Å²) in [4.78, 5) is 13.5. The Kier molecular flexibility index (Phi) is 4.90. The van der Waals surface area contributed by atoms with Gasteiger partial charge in [0.1, 0.15) is 5.75 Å². The molecule has 5 heteroatoms. The molecule has 0 aliphatic heterocycles. The fraction of sp³-hybridized carbons (Fsp3) is 0.333. The number of carbonyl (C=O) groups excluding carboxylic acids is 1. The number of carbonyl (C=O) groups is 1. The molecule has 1 amide bonds. The van der Waals surface area contributed by atoms with Crippen molar-refractivity contribution in [2.45, 2.75) is 6.92 Å². The fourth-order valence-corrected chi connectivity index (χ4v) is 1.32. The van der Waals surface area contributed by atoms with Crippen LogP contribution in [0.3, 0.4) is 0 Å². The molecular weight excluding hydrogens is 236 g/mol. The number of nitrogens with two attached hydrogens (primary N) is 1. The highest BCUT2D eigenvalue weighted by Crippen LogP contribution is 2.10. The molecule has 0 aliphatic carbocycles. The summed E-state index contributed by atoms with van der Waals surface area (Å²) in [6.45, 7) is 2.32. The van der Waals surface area contributed by atoms with E-state index in [0.29, 0.717) is 17.3 Å². The van der Waals surface area contributed by atoms with Gasteiger partial charge in [0.05, 0.1) is 4.99 Å². The molecule has 0 heterocycles. The van der Waals surface area contributed by atoms with E-state index in [2.05, 4.69) is 0 Å². The molecule has 1 unspecified atom stereocenters. The van der Waals surface area contributed by atoms with Crippen LogP contribution >= 0.6 is 12.2 Å². The van der Waals surface area contributed by atoms with E-state index in [9.17, 15) is 4.79 Å². The van der Waals surface area contributed by atoms with Crippen LogP contribution in [0.25, 0.3) is 0 Å². The second-order valence-electron chi connectivity index (χ2n) is 3.86. The van der Waals surface area contributed by atoms with E-state index in [1.165, 1.54) is 4.90 Å². The number of hydrogen-bond acceptors (Lipinski definition) is 3. The molecule has 1 aromatic rings. The van der Waals surface area contributed by atoms with Crippen molar-refractivity contribution >= 4 is 23.3 Å². The normalized spacial score (nSPS) is 11.6. The molecule has 17 heavy (non-hydrogen) atoms. The summed E-state index contributed by atoms with van der Waals surface area (Å²) in [7, 11) is 1.65. The first-order valence-electron chi connectivity index (χ1n) is 5.28. The van der Waals surface area contributed by atoms with Crippen molar-refractivity contribution in [1.29, 1.82) is 0 Å². The van der Waals surface area contributed by atoms with E-state index in [4.69, 9.17) is 22.7 Å². The molecule has 0 fully saturated rings. The minimum atomic E-state index is -0.417. The number of para-hydroxylation sites is 1. The van der Waals surface area contributed by atoms with Gasteiger partial charge in [-0.25, -0.2) is 4.79 Å². The zero-order valence-electron chi connectivity index (χ0n) is 9.92.